The molecule has 5 rings (SSSR count). The molecule has 0 unspecified atom stereocenters. The van der Waals surface area contributed by atoms with Gasteiger partial charge in [0.25, 0.3) is 0 Å². The van der Waals surface area contributed by atoms with Crippen LogP contribution in [0.4, 0.5) is 0 Å². The van der Waals surface area contributed by atoms with Crippen LogP contribution in [0.5, 0.6) is 11.5 Å². The van der Waals surface area contributed by atoms with Crippen LogP contribution >= 0.6 is 0 Å². The standard InChI is InChI=1S/C26H24O2/c1-2-7-18-16-27-23-14-12-19-8-3-5-10-21(19)25(23)26-22-11-6-4-9-20(22)13-15-24(26)28-17-18/h3-6,8-15,18H,2,7,16-17H2,1H3. The van der Waals surface area contributed by atoms with E-state index in [0.717, 1.165) is 35.5 Å². The van der Waals surface area contributed by atoms with Crippen molar-refractivity contribution in [1.29, 1.82) is 0 Å². The maximum Gasteiger partial charge on any atom is 0.127 e. The van der Waals surface area contributed by atoms with Gasteiger partial charge in [0.1, 0.15) is 11.5 Å². The second-order valence-corrected chi connectivity index (χ2v) is 7.60. The average Bonchev–Trinajstić information content (AvgIpc) is 2.82. The number of fused-ring (bicyclic) bond motifs is 7. The molecule has 0 aliphatic carbocycles. The van der Waals surface area contributed by atoms with E-state index in [9.17, 15) is 0 Å². The van der Waals surface area contributed by atoms with Gasteiger partial charge in [-0.1, -0.05) is 74.0 Å². The summed E-state index contributed by atoms with van der Waals surface area (Å²) < 4.78 is 12.8. The fourth-order valence-corrected chi connectivity index (χ4v) is 4.30. The molecule has 4 aromatic rings. The van der Waals surface area contributed by atoms with Gasteiger partial charge in [0.05, 0.1) is 13.2 Å². The van der Waals surface area contributed by atoms with E-state index in [1.165, 1.54) is 21.5 Å². The first-order valence-corrected chi connectivity index (χ1v) is 10.1. The van der Waals surface area contributed by atoms with Crippen molar-refractivity contribution in [2.24, 2.45) is 5.92 Å². The normalized spacial score (nSPS) is 14.3. The lowest BCUT2D eigenvalue weighted by atomic mass is 9.92. The number of ether oxygens (including phenoxy) is 2. The predicted octanol–water partition coefficient (Wildman–Crippen LogP) is 6.85. The SMILES string of the molecule is CCCC1COc2ccc3ccccc3c2-c2c(ccc3ccccc23)OC1. The van der Waals surface area contributed by atoms with Crippen LogP contribution in [0.1, 0.15) is 19.8 Å². The van der Waals surface area contributed by atoms with Gasteiger partial charge in [0, 0.05) is 17.0 Å². The smallest absolute Gasteiger partial charge is 0.127 e. The van der Waals surface area contributed by atoms with Gasteiger partial charge >= 0.3 is 0 Å². The molecule has 2 heteroatoms. The van der Waals surface area contributed by atoms with Gasteiger partial charge in [0.15, 0.2) is 0 Å². The van der Waals surface area contributed by atoms with E-state index < -0.39 is 0 Å². The largest absolute Gasteiger partial charge is 0.492 e. The lowest BCUT2D eigenvalue weighted by Crippen LogP contribution is -2.19. The molecular weight excluding hydrogens is 344 g/mol. The maximum absolute atomic E-state index is 6.41. The van der Waals surface area contributed by atoms with E-state index in [2.05, 4.69) is 79.7 Å². The number of benzene rings is 4. The first-order chi connectivity index (χ1) is 13.8. The first-order valence-electron chi connectivity index (χ1n) is 10.1. The Morgan fingerprint density at radius 1 is 0.679 bits per heavy atom. The number of hydrogen-bond donors (Lipinski definition) is 0. The van der Waals surface area contributed by atoms with Gasteiger partial charge in [-0.2, -0.15) is 0 Å². The lowest BCUT2D eigenvalue weighted by Gasteiger charge is -2.17. The van der Waals surface area contributed by atoms with Crippen LogP contribution in [0, 0.1) is 5.92 Å². The third-order valence-corrected chi connectivity index (χ3v) is 5.68. The molecule has 0 amide bonds. The minimum Gasteiger partial charge on any atom is -0.492 e. The van der Waals surface area contributed by atoms with Crippen molar-refractivity contribution in [1.82, 2.24) is 0 Å². The third kappa shape index (κ3) is 2.90. The molecule has 2 nitrogen and oxygen atoms in total. The van der Waals surface area contributed by atoms with Gasteiger partial charge in [-0.15, -0.1) is 0 Å². The quantitative estimate of drug-likeness (QED) is 0.385. The summed E-state index contributed by atoms with van der Waals surface area (Å²) in [6, 6.07) is 25.6. The number of rotatable bonds is 2. The molecule has 0 saturated heterocycles. The molecule has 0 saturated carbocycles. The monoisotopic (exact) mass is 368 g/mol. The fraction of sp³-hybridized carbons (Fsp3) is 0.231. The van der Waals surface area contributed by atoms with E-state index >= 15 is 0 Å². The predicted molar refractivity (Wildman–Crippen MR) is 116 cm³/mol. The summed E-state index contributed by atoms with van der Waals surface area (Å²) in [6.07, 6.45) is 2.23. The van der Waals surface area contributed by atoms with E-state index in [-0.39, 0.29) is 0 Å². The zero-order valence-electron chi connectivity index (χ0n) is 16.2. The van der Waals surface area contributed by atoms with Crippen molar-refractivity contribution < 1.29 is 9.47 Å². The first kappa shape index (κ1) is 17.1. The van der Waals surface area contributed by atoms with Crippen LogP contribution < -0.4 is 9.47 Å². The van der Waals surface area contributed by atoms with Crippen LogP contribution in [-0.2, 0) is 0 Å². The summed E-state index contributed by atoms with van der Waals surface area (Å²) in [5, 5.41) is 4.84. The second kappa shape index (κ2) is 7.20. The third-order valence-electron chi connectivity index (χ3n) is 5.68. The van der Waals surface area contributed by atoms with Crippen molar-refractivity contribution in [3.63, 3.8) is 0 Å². The lowest BCUT2D eigenvalue weighted by molar-refractivity contribution is 0.172. The minimum absolute atomic E-state index is 0.391. The maximum atomic E-state index is 6.41. The molecule has 0 spiro atoms. The Morgan fingerprint density at radius 2 is 1.18 bits per heavy atom. The zero-order valence-corrected chi connectivity index (χ0v) is 16.2. The van der Waals surface area contributed by atoms with Crippen molar-refractivity contribution >= 4 is 21.5 Å². The van der Waals surface area contributed by atoms with Gasteiger partial charge in [0.2, 0.25) is 0 Å². The Morgan fingerprint density at radius 3 is 1.68 bits per heavy atom. The molecule has 140 valence electrons. The van der Waals surface area contributed by atoms with Gasteiger partial charge in [-0.05, 0) is 40.1 Å². The zero-order chi connectivity index (χ0) is 18.9. The molecule has 0 atom stereocenters. The van der Waals surface area contributed by atoms with E-state index in [4.69, 9.17) is 9.47 Å². The molecule has 1 aliphatic rings. The molecule has 1 aliphatic heterocycles. The van der Waals surface area contributed by atoms with Gasteiger partial charge in [-0.3, -0.25) is 0 Å². The van der Waals surface area contributed by atoms with Crippen LogP contribution in [-0.4, -0.2) is 13.2 Å². The van der Waals surface area contributed by atoms with Crippen LogP contribution in [0.15, 0.2) is 72.8 Å². The minimum atomic E-state index is 0.391. The highest BCUT2D eigenvalue weighted by Crippen LogP contribution is 2.46. The van der Waals surface area contributed by atoms with Crippen molar-refractivity contribution in [2.75, 3.05) is 13.2 Å². The van der Waals surface area contributed by atoms with E-state index in [1.807, 2.05) is 0 Å². The molecule has 0 aromatic heterocycles. The fourth-order valence-electron chi connectivity index (χ4n) is 4.30. The van der Waals surface area contributed by atoms with Crippen LogP contribution in [0.2, 0.25) is 0 Å². The summed E-state index contributed by atoms with van der Waals surface area (Å²) >= 11 is 0. The second-order valence-electron chi connectivity index (χ2n) is 7.60. The van der Waals surface area contributed by atoms with Crippen LogP contribution in [0.25, 0.3) is 32.7 Å². The Balaban J connectivity index is 1.84. The molecule has 4 aromatic carbocycles. The van der Waals surface area contributed by atoms with Gasteiger partial charge in [-0.25, -0.2) is 0 Å². The molecule has 1 heterocycles. The van der Waals surface area contributed by atoms with Gasteiger partial charge < -0.3 is 9.47 Å². The Bertz CT molecular complexity index is 1060. The average molecular weight is 368 g/mol. The van der Waals surface area contributed by atoms with E-state index in [0.29, 0.717) is 19.1 Å². The van der Waals surface area contributed by atoms with Crippen molar-refractivity contribution in [3.8, 4) is 22.6 Å². The summed E-state index contributed by atoms with van der Waals surface area (Å²) in [5.74, 6) is 2.28. The molecule has 0 bridgehead atoms. The topological polar surface area (TPSA) is 18.5 Å². The Labute approximate surface area is 165 Å². The summed E-state index contributed by atoms with van der Waals surface area (Å²) in [7, 11) is 0. The Kier molecular flexibility index (Phi) is 4.40. The highest BCUT2D eigenvalue weighted by atomic mass is 16.5. The molecule has 28 heavy (non-hydrogen) atoms. The molecule has 0 fully saturated rings. The summed E-state index contributed by atoms with van der Waals surface area (Å²) in [5.41, 5.74) is 2.28. The van der Waals surface area contributed by atoms with Crippen molar-refractivity contribution in [2.45, 2.75) is 19.8 Å². The molecular formula is C26H24O2. The number of hydrogen-bond acceptors (Lipinski definition) is 2. The summed E-state index contributed by atoms with van der Waals surface area (Å²) in [4.78, 5) is 0. The highest BCUT2D eigenvalue weighted by Gasteiger charge is 2.22. The van der Waals surface area contributed by atoms with Crippen molar-refractivity contribution in [3.05, 3.63) is 72.8 Å². The molecule has 0 N–H and O–H groups in total. The summed E-state index contributed by atoms with van der Waals surface area (Å²) in [6.45, 7) is 3.59. The molecule has 0 radical (unpaired) electrons. The highest BCUT2D eigenvalue weighted by molar-refractivity contribution is 6.09. The Hall–Kier alpha value is -3.00. The van der Waals surface area contributed by atoms with E-state index in [1.54, 1.807) is 0 Å². The van der Waals surface area contributed by atoms with Crippen LogP contribution in [0.3, 0.4) is 0 Å².